The van der Waals surface area contributed by atoms with E-state index in [2.05, 4.69) is 4.98 Å². The lowest BCUT2D eigenvalue weighted by atomic mass is 10.1. The van der Waals surface area contributed by atoms with Crippen LogP contribution >= 0.6 is 0 Å². The smallest absolute Gasteiger partial charge is 0.227 e. The highest BCUT2D eigenvalue weighted by Crippen LogP contribution is 2.25. The molecule has 1 unspecified atom stereocenters. The summed E-state index contributed by atoms with van der Waals surface area (Å²) in [5, 5.41) is 0. The number of aryl methyl sites for hydroxylation is 2. The molecule has 0 spiro atoms. The van der Waals surface area contributed by atoms with Gasteiger partial charge in [0.25, 0.3) is 0 Å². The van der Waals surface area contributed by atoms with Crippen LogP contribution in [-0.4, -0.2) is 24.0 Å². The first-order chi connectivity index (χ1) is 7.61. The number of anilines is 1. The summed E-state index contributed by atoms with van der Waals surface area (Å²) >= 11 is 0. The van der Waals surface area contributed by atoms with Gasteiger partial charge in [-0.15, -0.1) is 0 Å². The molecule has 1 aliphatic rings. The third-order valence-electron chi connectivity index (χ3n) is 3.18. The summed E-state index contributed by atoms with van der Waals surface area (Å²) in [4.78, 5) is 17.9. The minimum atomic E-state index is 0.153. The largest absolute Gasteiger partial charge is 0.330 e. The van der Waals surface area contributed by atoms with Crippen LogP contribution in [0.4, 0.5) is 5.69 Å². The number of carbonyl (C=O) groups excluding carboxylic acids is 1. The highest BCUT2D eigenvalue weighted by atomic mass is 16.2. The van der Waals surface area contributed by atoms with Gasteiger partial charge >= 0.3 is 0 Å². The fraction of sp³-hybridized carbons (Fsp3) is 0.500. The van der Waals surface area contributed by atoms with E-state index in [1.54, 1.807) is 11.1 Å². The summed E-state index contributed by atoms with van der Waals surface area (Å²) in [5.41, 5.74) is 8.61. The minimum Gasteiger partial charge on any atom is -0.330 e. The van der Waals surface area contributed by atoms with Crippen LogP contribution in [0.1, 0.15) is 17.7 Å². The molecule has 2 rings (SSSR count). The van der Waals surface area contributed by atoms with Crippen LogP contribution in [0, 0.1) is 19.8 Å². The molecule has 0 aliphatic carbocycles. The second kappa shape index (κ2) is 4.22. The molecule has 0 aromatic carbocycles. The van der Waals surface area contributed by atoms with Gasteiger partial charge in [-0.3, -0.25) is 9.78 Å². The van der Waals surface area contributed by atoms with Crippen molar-refractivity contribution < 1.29 is 4.79 Å². The van der Waals surface area contributed by atoms with E-state index < -0.39 is 0 Å². The Kier molecular flexibility index (Phi) is 2.92. The van der Waals surface area contributed by atoms with Crippen molar-refractivity contribution in [3.8, 4) is 0 Å². The zero-order valence-corrected chi connectivity index (χ0v) is 9.73. The third kappa shape index (κ3) is 1.93. The standard InChI is InChI=1S/C12H17N3O/c1-8-3-11(6-14-9(8)2)15-7-10(5-13)4-12(15)16/h3,6,10H,4-5,7,13H2,1-2H3. The van der Waals surface area contributed by atoms with Gasteiger partial charge in [-0.05, 0) is 37.9 Å². The van der Waals surface area contributed by atoms with Crippen molar-refractivity contribution >= 4 is 11.6 Å². The number of rotatable bonds is 2. The predicted molar refractivity (Wildman–Crippen MR) is 63.2 cm³/mol. The van der Waals surface area contributed by atoms with Crippen molar-refractivity contribution in [3.05, 3.63) is 23.5 Å². The molecule has 0 bridgehead atoms. The molecule has 0 radical (unpaired) electrons. The summed E-state index contributed by atoms with van der Waals surface area (Å²) in [5.74, 6) is 0.439. The Bertz CT molecular complexity index is 417. The second-order valence-electron chi connectivity index (χ2n) is 4.41. The molecule has 1 amide bonds. The van der Waals surface area contributed by atoms with Crippen LogP contribution in [-0.2, 0) is 4.79 Å². The van der Waals surface area contributed by atoms with E-state index in [1.807, 2.05) is 19.9 Å². The van der Waals surface area contributed by atoms with E-state index in [4.69, 9.17) is 5.73 Å². The van der Waals surface area contributed by atoms with Crippen LogP contribution in [0.5, 0.6) is 0 Å². The quantitative estimate of drug-likeness (QED) is 0.807. The molecule has 1 atom stereocenters. The van der Waals surface area contributed by atoms with Crippen molar-refractivity contribution in [1.82, 2.24) is 4.98 Å². The van der Waals surface area contributed by atoms with Crippen molar-refractivity contribution in [2.24, 2.45) is 11.7 Å². The highest BCUT2D eigenvalue weighted by Gasteiger charge is 2.29. The van der Waals surface area contributed by atoms with Gasteiger partial charge in [0.05, 0.1) is 11.9 Å². The highest BCUT2D eigenvalue weighted by molar-refractivity contribution is 5.95. The molecule has 1 aliphatic heterocycles. The molecular weight excluding hydrogens is 202 g/mol. The summed E-state index contributed by atoms with van der Waals surface area (Å²) < 4.78 is 0. The molecule has 1 aromatic heterocycles. The molecular formula is C12H17N3O. The van der Waals surface area contributed by atoms with Gasteiger partial charge in [0.2, 0.25) is 5.91 Å². The number of nitrogens with zero attached hydrogens (tertiary/aromatic N) is 2. The zero-order valence-electron chi connectivity index (χ0n) is 9.73. The van der Waals surface area contributed by atoms with E-state index in [9.17, 15) is 4.79 Å². The average Bonchev–Trinajstić information content (AvgIpc) is 2.64. The lowest BCUT2D eigenvalue weighted by Crippen LogP contribution is -2.26. The molecule has 0 saturated carbocycles. The summed E-state index contributed by atoms with van der Waals surface area (Å²) in [7, 11) is 0. The van der Waals surface area contributed by atoms with Crippen LogP contribution in [0.15, 0.2) is 12.3 Å². The molecule has 1 saturated heterocycles. The Morgan fingerprint density at radius 1 is 1.56 bits per heavy atom. The maximum atomic E-state index is 11.8. The Hall–Kier alpha value is -1.42. The van der Waals surface area contributed by atoms with Gasteiger partial charge in [0, 0.05) is 18.7 Å². The molecule has 16 heavy (non-hydrogen) atoms. The predicted octanol–water partition coefficient (Wildman–Crippen LogP) is 1.01. The van der Waals surface area contributed by atoms with Gasteiger partial charge in [-0.1, -0.05) is 0 Å². The van der Waals surface area contributed by atoms with E-state index >= 15 is 0 Å². The maximum absolute atomic E-state index is 11.8. The topological polar surface area (TPSA) is 59.2 Å². The Labute approximate surface area is 95.5 Å². The zero-order chi connectivity index (χ0) is 11.7. The summed E-state index contributed by atoms with van der Waals surface area (Å²) in [6.45, 7) is 5.26. The molecule has 2 N–H and O–H groups in total. The molecule has 1 fully saturated rings. The Balaban J connectivity index is 2.24. The lowest BCUT2D eigenvalue weighted by Gasteiger charge is -2.17. The van der Waals surface area contributed by atoms with Crippen LogP contribution in [0.3, 0.4) is 0 Å². The minimum absolute atomic E-state index is 0.153. The Morgan fingerprint density at radius 3 is 2.88 bits per heavy atom. The van der Waals surface area contributed by atoms with Crippen molar-refractivity contribution in [2.75, 3.05) is 18.0 Å². The number of nitrogens with two attached hydrogens (primary N) is 1. The number of amides is 1. The SMILES string of the molecule is Cc1cc(N2CC(CN)CC2=O)cnc1C. The number of hydrogen-bond donors (Lipinski definition) is 1. The fourth-order valence-corrected chi connectivity index (χ4v) is 1.96. The van der Waals surface area contributed by atoms with Gasteiger partial charge < -0.3 is 10.6 Å². The average molecular weight is 219 g/mol. The normalized spacial score (nSPS) is 20.6. The monoisotopic (exact) mass is 219 g/mol. The van der Waals surface area contributed by atoms with Crippen LogP contribution < -0.4 is 10.6 Å². The second-order valence-corrected chi connectivity index (χ2v) is 4.41. The fourth-order valence-electron chi connectivity index (χ4n) is 1.96. The van der Waals surface area contributed by atoms with Crippen LogP contribution in [0.2, 0.25) is 0 Å². The molecule has 4 heteroatoms. The Morgan fingerprint density at radius 2 is 2.31 bits per heavy atom. The molecule has 86 valence electrons. The van der Waals surface area contributed by atoms with E-state index in [0.29, 0.717) is 13.0 Å². The van der Waals surface area contributed by atoms with E-state index in [0.717, 1.165) is 23.5 Å². The van der Waals surface area contributed by atoms with Gasteiger partial charge in [-0.2, -0.15) is 0 Å². The molecule has 4 nitrogen and oxygen atoms in total. The first kappa shape index (κ1) is 11.1. The third-order valence-corrected chi connectivity index (χ3v) is 3.18. The summed E-state index contributed by atoms with van der Waals surface area (Å²) in [6, 6.07) is 2.01. The van der Waals surface area contributed by atoms with Crippen molar-refractivity contribution in [3.63, 3.8) is 0 Å². The first-order valence-electron chi connectivity index (χ1n) is 5.55. The van der Waals surface area contributed by atoms with E-state index in [-0.39, 0.29) is 11.8 Å². The number of aromatic nitrogens is 1. The molecule has 1 aromatic rings. The van der Waals surface area contributed by atoms with Crippen molar-refractivity contribution in [2.45, 2.75) is 20.3 Å². The molecule has 2 heterocycles. The van der Waals surface area contributed by atoms with E-state index in [1.165, 1.54) is 0 Å². The van der Waals surface area contributed by atoms with Crippen molar-refractivity contribution in [1.29, 1.82) is 0 Å². The number of hydrogen-bond acceptors (Lipinski definition) is 3. The summed E-state index contributed by atoms with van der Waals surface area (Å²) in [6.07, 6.45) is 2.32. The van der Waals surface area contributed by atoms with Gasteiger partial charge in [0.15, 0.2) is 0 Å². The number of pyridine rings is 1. The lowest BCUT2D eigenvalue weighted by molar-refractivity contribution is -0.117. The maximum Gasteiger partial charge on any atom is 0.227 e. The van der Waals surface area contributed by atoms with Crippen LogP contribution in [0.25, 0.3) is 0 Å². The van der Waals surface area contributed by atoms with Gasteiger partial charge in [0.1, 0.15) is 0 Å². The first-order valence-corrected chi connectivity index (χ1v) is 5.55. The number of carbonyl (C=O) groups is 1. The van der Waals surface area contributed by atoms with Gasteiger partial charge in [-0.25, -0.2) is 0 Å².